The van der Waals surface area contributed by atoms with Gasteiger partial charge in [0.25, 0.3) is 0 Å². The van der Waals surface area contributed by atoms with Gasteiger partial charge in [0.1, 0.15) is 0 Å². The molecular formula is C14H21N3O2. The van der Waals surface area contributed by atoms with Gasteiger partial charge in [0.15, 0.2) is 0 Å². The van der Waals surface area contributed by atoms with Crippen LogP contribution in [0, 0.1) is 6.92 Å². The highest BCUT2D eigenvalue weighted by atomic mass is 16.5. The van der Waals surface area contributed by atoms with Gasteiger partial charge in [-0.15, -0.1) is 0 Å². The van der Waals surface area contributed by atoms with Crippen LogP contribution in [0.2, 0.25) is 0 Å². The molecule has 2 atom stereocenters. The van der Waals surface area contributed by atoms with Gasteiger partial charge >= 0.3 is 0 Å². The molecule has 2 rings (SSSR count). The second kappa shape index (κ2) is 6.12. The molecule has 2 heterocycles. The van der Waals surface area contributed by atoms with Gasteiger partial charge in [0.05, 0.1) is 24.4 Å². The van der Waals surface area contributed by atoms with Crippen LogP contribution in [-0.4, -0.2) is 48.6 Å². The summed E-state index contributed by atoms with van der Waals surface area (Å²) >= 11 is 0. The zero-order valence-electron chi connectivity index (χ0n) is 11.7. The molecule has 0 spiro atoms. The first-order valence-electron chi connectivity index (χ1n) is 6.53. The molecule has 0 unspecified atom stereocenters. The Bertz CT molecular complexity index is 450. The summed E-state index contributed by atoms with van der Waals surface area (Å²) in [5.41, 5.74) is 2.01. The third kappa shape index (κ3) is 3.30. The average Bonchev–Trinajstić information content (AvgIpc) is 2.79. The molecule has 0 aromatic carbocycles. The Labute approximate surface area is 114 Å². The number of amides is 1. The van der Waals surface area contributed by atoms with Crippen molar-refractivity contribution in [3.63, 3.8) is 0 Å². The number of nitrogens with zero attached hydrogens (tertiary/aromatic N) is 2. The zero-order chi connectivity index (χ0) is 13.8. The molecule has 19 heavy (non-hydrogen) atoms. The summed E-state index contributed by atoms with van der Waals surface area (Å²) in [6.45, 7) is 3.28. The normalized spacial score (nSPS) is 23.5. The summed E-state index contributed by atoms with van der Waals surface area (Å²) < 4.78 is 5.31. The summed E-state index contributed by atoms with van der Waals surface area (Å²) in [6, 6.07) is 3.79. The maximum Gasteiger partial charge on any atom is 0.237 e. The number of nitrogens with one attached hydrogen (secondary N) is 1. The molecule has 5 heteroatoms. The van der Waals surface area contributed by atoms with Crippen molar-refractivity contribution in [3.8, 4) is 0 Å². The Balaban J connectivity index is 1.90. The molecule has 1 aromatic heterocycles. The van der Waals surface area contributed by atoms with Crippen LogP contribution >= 0.6 is 0 Å². The minimum atomic E-state index is -0.103. The van der Waals surface area contributed by atoms with Crippen LogP contribution in [0.25, 0.3) is 0 Å². The number of aromatic nitrogens is 1. The second-order valence-corrected chi connectivity index (χ2v) is 5.03. The predicted octanol–water partition coefficient (Wildman–Crippen LogP) is 0.725. The van der Waals surface area contributed by atoms with Gasteiger partial charge in [-0.3, -0.25) is 14.7 Å². The van der Waals surface area contributed by atoms with E-state index in [9.17, 15) is 4.79 Å². The molecule has 1 amide bonds. The molecule has 1 aliphatic rings. The van der Waals surface area contributed by atoms with Crippen LogP contribution in [-0.2, 0) is 16.1 Å². The SMILES string of the molecule is CO[C@H]1C[C@@H](C(=O)NCc2ncccc2C)N(C)C1. The lowest BCUT2D eigenvalue weighted by atomic mass is 10.1. The van der Waals surface area contributed by atoms with E-state index in [4.69, 9.17) is 4.74 Å². The van der Waals surface area contributed by atoms with Crippen molar-refractivity contribution in [2.75, 3.05) is 20.7 Å². The number of likely N-dealkylation sites (N-methyl/N-ethyl adjacent to an activating group) is 1. The average molecular weight is 263 g/mol. The lowest BCUT2D eigenvalue weighted by Crippen LogP contribution is -2.41. The highest BCUT2D eigenvalue weighted by Gasteiger charge is 2.34. The number of rotatable bonds is 4. The van der Waals surface area contributed by atoms with Crippen LogP contribution in [0.3, 0.4) is 0 Å². The topological polar surface area (TPSA) is 54.5 Å². The van der Waals surface area contributed by atoms with Crippen LogP contribution in [0.5, 0.6) is 0 Å². The summed E-state index contributed by atoms with van der Waals surface area (Å²) in [4.78, 5) is 18.5. The molecule has 0 aliphatic carbocycles. The second-order valence-electron chi connectivity index (χ2n) is 5.03. The van der Waals surface area contributed by atoms with E-state index in [0.29, 0.717) is 6.54 Å². The smallest absolute Gasteiger partial charge is 0.237 e. The lowest BCUT2D eigenvalue weighted by molar-refractivity contribution is -0.125. The highest BCUT2D eigenvalue weighted by Crippen LogP contribution is 2.18. The van der Waals surface area contributed by atoms with Crippen LogP contribution in [0.15, 0.2) is 18.3 Å². The van der Waals surface area contributed by atoms with E-state index >= 15 is 0 Å². The predicted molar refractivity (Wildman–Crippen MR) is 72.7 cm³/mol. The van der Waals surface area contributed by atoms with Crippen LogP contribution in [0.1, 0.15) is 17.7 Å². The minimum Gasteiger partial charge on any atom is -0.380 e. The number of likely N-dealkylation sites (tertiary alicyclic amines) is 1. The van der Waals surface area contributed by atoms with Gasteiger partial charge in [-0.1, -0.05) is 6.07 Å². The number of hydrogen-bond acceptors (Lipinski definition) is 4. The third-order valence-electron chi connectivity index (χ3n) is 3.69. The molecule has 0 bridgehead atoms. The summed E-state index contributed by atoms with van der Waals surface area (Å²) in [6.07, 6.45) is 2.65. The van der Waals surface area contributed by atoms with Crippen molar-refractivity contribution >= 4 is 5.91 Å². The quantitative estimate of drug-likeness (QED) is 0.870. The summed E-state index contributed by atoms with van der Waals surface area (Å²) in [5.74, 6) is 0.0482. The number of carbonyl (C=O) groups is 1. The van der Waals surface area contributed by atoms with E-state index in [1.165, 1.54) is 0 Å². The van der Waals surface area contributed by atoms with E-state index in [1.807, 2.05) is 31.0 Å². The number of hydrogen-bond donors (Lipinski definition) is 1. The highest BCUT2D eigenvalue weighted by molar-refractivity contribution is 5.82. The monoisotopic (exact) mass is 263 g/mol. The molecule has 1 N–H and O–H groups in total. The van der Waals surface area contributed by atoms with Crippen molar-refractivity contribution in [2.24, 2.45) is 0 Å². The Morgan fingerprint density at radius 2 is 2.42 bits per heavy atom. The standard InChI is InChI=1S/C14H21N3O2/c1-10-5-4-6-15-12(10)8-16-14(18)13-7-11(19-3)9-17(13)2/h4-6,11,13H,7-9H2,1-3H3,(H,16,18)/t11-,13-/m0/s1. The first-order chi connectivity index (χ1) is 9.11. The van der Waals surface area contributed by atoms with Crippen molar-refractivity contribution in [2.45, 2.75) is 32.0 Å². The fourth-order valence-corrected chi connectivity index (χ4v) is 2.42. The van der Waals surface area contributed by atoms with Crippen LogP contribution < -0.4 is 5.32 Å². The molecule has 1 saturated heterocycles. The Hall–Kier alpha value is -1.46. The van der Waals surface area contributed by atoms with Crippen LogP contribution in [0.4, 0.5) is 0 Å². The fourth-order valence-electron chi connectivity index (χ4n) is 2.42. The maximum absolute atomic E-state index is 12.2. The fraction of sp³-hybridized carbons (Fsp3) is 0.571. The molecule has 1 aromatic rings. The minimum absolute atomic E-state index is 0.0482. The van der Waals surface area contributed by atoms with Gasteiger partial charge in [0, 0.05) is 19.9 Å². The molecule has 0 radical (unpaired) electrons. The number of aryl methyl sites for hydroxylation is 1. The van der Waals surface area contributed by atoms with Gasteiger partial charge in [0.2, 0.25) is 5.91 Å². The Morgan fingerprint density at radius 3 is 3.05 bits per heavy atom. The van der Waals surface area contributed by atoms with Crippen molar-refractivity contribution in [1.82, 2.24) is 15.2 Å². The van der Waals surface area contributed by atoms with E-state index in [2.05, 4.69) is 10.3 Å². The first-order valence-corrected chi connectivity index (χ1v) is 6.53. The van der Waals surface area contributed by atoms with E-state index < -0.39 is 0 Å². The van der Waals surface area contributed by atoms with E-state index in [1.54, 1.807) is 13.3 Å². The van der Waals surface area contributed by atoms with Gasteiger partial charge in [-0.25, -0.2) is 0 Å². The number of ether oxygens (including phenoxy) is 1. The summed E-state index contributed by atoms with van der Waals surface area (Å²) in [7, 11) is 3.64. The third-order valence-corrected chi connectivity index (χ3v) is 3.69. The van der Waals surface area contributed by atoms with E-state index in [-0.39, 0.29) is 18.1 Å². The number of methoxy groups -OCH3 is 1. The molecular weight excluding hydrogens is 242 g/mol. The summed E-state index contributed by atoms with van der Waals surface area (Å²) in [5, 5.41) is 2.96. The Kier molecular flexibility index (Phi) is 4.50. The Morgan fingerprint density at radius 1 is 1.63 bits per heavy atom. The number of pyridine rings is 1. The maximum atomic E-state index is 12.2. The molecule has 1 aliphatic heterocycles. The van der Waals surface area contributed by atoms with Gasteiger partial charge in [-0.05, 0) is 32.0 Å². The zero-order valence-corrected chi connectivity index (χ0v) is 11.7. The molecule has 0 saturated carbocycles. The molecule has 5 nitrogen and oxygen atoms in total. The van der Waals surface area contributed by atoms with Gasteiger partial charge in [-0.2, -0.15) is 0 Å². The lowest BCUT2D eigenvalue weighted by Gasteiger charge is -2.18. The van der Waals surface area contributed by atoms with Crippen molar-refractivity contribution in [3.05, 3.63) is 29.6 Å². The van der Waals surface area contributed by atoms with E-state index in [0.717, 1.165) is 24.2 Å². The largest absolute Gasteiger partial charge is 0.380 e. The molecule has 104 valence electrons. The van der Waals surface area contributed by atoms with Crippen molar-refractivity contribution in [1.29, 1.82) is 0 Å². The number of carbonyl (C=O) groups excluding carboxylic acids is 1. The molecule has 1 fully saturated rings. The first kappa shape index (κ1) is 14.0. The van der Waals surface area contributed by atoms with Crippen molar-refractivity contribution < 1.29 is 9.53 Å². The van der Waals surface area contributed by atoms with Gasteiger partial charge < -0.3 is 10.1 Å².